The minimum absolute atomic E-state index is 0.210. The smallest absolute Gasteiger partial charge is 0.336 e. The lowest BCUT2D eigenvalue weighted by Crippen LogP contribution is -2.05. The molecule has 0 fully saturated rings. The highest BCUT2D eigenvalue weighted by molar-refractivity contribution is 6.31. The zero-order valence-corrected chi connectivity index (χ0v) is 10.0. The number of benzene rings is 1. The van der Waals surface area contributed by atoms with Gasteiger partial charge in [0.1, 0.15) is 0 Å². The molecule has 4 nitrogen and oxygen atoms in total. The van der Waals surface area contributed by atoms with Crippen LogP contribution in [0.2, 0.25) is 5.02 Å². The molecule has 0 radical (unpaired) electrons. The summed E-state index contributed by atoms with van der Waals surface area (Å²) < 4.78 is 0. The largest absolute Gasteiger partial charge is 0.478 e. The Morgan fingerprint density at radius 2 is 2.00 bits per heavy atom. The minimum Gasteiger partial charge on any atom is -0.478 e. The molecular formula is C12H15ClO4. The second-order valence-corrected chi connectivity index (χ2v) is 4.20. The molecule has 5 heteroatoms. The van der Waals surface area contributed by atoms with Crippen LogP contribution in [0.4, 0.5) is 0 Å². The average Bonchev–Trinajstić information content (AvgIpc) is 2.25. The molecule has 0 aromatic heterocycles. The lowest BCUT2D eigenvalue weighted by atomic mass is 10.0. The summed E-state index contributed by atoms with van der Waals surface area (Å²) in [5.74, 6) is -0.996. The van der Waals surface area contributed by atoms with Crippen LogP contribution in [0.3, 0.4) is 0 Å². The third-order valence-electron chi connectivity index (χ3n) is 2.49. The van der Waals surface area contributed by atoms with Gasteiger partial charge in [0.25, 0.3) is 0 Å². The van der Waals surface area contributed by atoms with E-state index in [-0.39, 0.29) is 12.0 Å². The van der Waals surface area contributed by atoms with E-state index in [0.717, 1.165) is 0 Å². The summed E-state index contributed by atoms with van der Waals surface area (Å²) in [5, 5.41) is 26.8. The number of hydrogen-bond donors (Lipinski definition) is 3. The molecule has 0 atom stereocenters. The first-order valence-corrected chi connectivity index (χ1v) is 5.77. The number of hydrogen-bond acceptors (Lipinski definition) is 3. The number of halogens is 1. The third kappa shape index (κ3) is 4.34. The zero-order chi connectivity index (χ0) is 12.8. The topological polar surface area (TPSA) is 77.8 Å². The summed E-state index contributed by atoms with van der Waals surface area (Å²) in [4.78, 5) is 11.0. The van der Waals surface area contributed by atoms with Gasteiger partial charge < -0.3 is 15.3 Å². The van der Waals surface area contributed by atoms with Gasteiger partial charge in [-0.15, -0.1) is 0 Å². The molecule has 1 rings (SSSR count). The first-order valence-electron chi connectivity index (χ1n) is 5.39. The maximum absolute atomic E-state index is 11.0. The summed E-state index contributed by atoms with van der Waals surface area (Å²) in [7, 11) is 0. The van der Waals surface area contributed by atoms with Crippen molar-refractivity contribution in [1.29, 1.82) is 0 Å². The Kier molecular flexibility index (Phi) is 5.41. The highest BCUT2D eigenvalue weighted by Gasteiger charge is 2.12. The molecule has 0 heterocycles. The Morgan fingerprint density at radius 3 is 2.59 bits per heavy atom. The standard InChI is InChI=1S/C12H15ClO4/c13-10-6-3-5-9(12(16)17)8(10)4-1-2-7-11(14)15/h3,5-6,11,14-15H,1-2,4,7H2,(H,16,17). The van der Waals surface area contributed by atoms with Gasteiger partial charge in [0, 0.05) is 5.02 Å². The summed E-state index contributed by atoms with van der Waals surface area (Å²) in [6, 6.07) is 4.78. The van der Waals surface area contributed by atoms with Crippen LogP contribution in [0, 0.1) is 0 Å². The zero-order valence-electron chi connectivity index (χ0n) is 9.27. The first kappa shape index (κ1) is 14.0. The Morgan fingerprint density at radius 1 is 1.29 bits per heavy atom. The van der Waals surface area contributed by atoms with E-state index in [9.17, 15) is 4.79 Å². The van der Waals surface area contributed by atoms with Crippen molar-refractivity contribution in [3.05, 3.63) is 34.3 Å². The van der Waals surface area contributed by atoms with Crippen molar-refractivity contribution in [1.82, 2.24) is 0 Å². The van der Waals surface area contributed by atoms with Gasteiger partial charge in [-0.2, -0.15) is 0 Å². The SMILES string of the molecule is O=C(O)c1cccc(Cl)c1CCCCC(O)O. The van der Waals surface area contributed by atoms with E-state index in [0.29, 0.717) is 29.8 Å². The molecule has 0 spiro atoms. The number of unbranched alkanes of at least 4 members (excludes halogenated alkanes) is 1. The number of rotatable bonds is 6. The van der Waals surface area contributed by atoms with Crippen molar-refractivity contribution in [2.75, 3.05) is 0 Å². The van der Waals surface area contributed by atoms with E-state index in [1.807, 2.05) is 0 Å². The van der Waals surface area contributed by atoms with E-state index in [1.54, 1.807) is 12.1 Å². The number of carbonyl (C=O) groups is 1. The Bertz CT molecular complexity index is 390. The quantitative estimate of drug-likeness (QED) is 0.539. The molecule has 0 saturated carbocycles. The third-order valence-corrected chi connectivity index (χ3v) is 2.84. The number of aliphatic hydroxyl groups excluding tert-OH is 1. The van der Waals surface area contributed by atoms with Crippen LogP contribution in [0.15, 0.2) is 18.2 Å². The lowest BCUT2D eigenvalue weighted by Gasteiger charge is -2.08. The van der Waals surface area contributed by atoms with E-state index in [4.69, 9.17) is 26.9 Å². The summed E-state index contributed by atoms with van der Waals surface area (Å²) in [5.41, 5.74) is 0.816. The highest BCUT2D eigenvalue weighted by atomic mass is 35.5. The molecule has 94 valence electrons. The molecule has 1 aromatic carbocycles. The monoisotopic (exact) mass is 258 g/mol. The fourth-order valence-electron chi connectivity index (χ4n) is 1.64. The summed E-state index contributed by atoms with van der Waals surface area (Å²) >= 11 is 5.95. The predicted molar refractivity (Wildman–Crippen MR) is 64.2 cm³/mol. The molecule has 0 aliphatic heterocycles. The minimum atomic E-state index is -1.31. The van der Waals surface area contributed by atoms with Crippen LogP contribution in [0.5, 0.6) is 0 Å². The molecular weight excluding hydrogens is 244 g/mol. The van der Waals surface area contributed by atoms with Crippen LogP contribution in [0.25, 0.3) is 0 Å². The molecule has 0 bridgehead atoms. The van der Waals surface area contributed by atoms with Gasteiger partial charge in [0.2, 0.25) is 0 Å². The van der Waals surface area contributed by atoms with Crippen molar-refractivity contribution < 1.29 is 20.1 Å². The van der Waals surface area contributed by atoms with E-state index < -0.39 is 12.3 Å². The van der Waals surface area contributed by atoms with Gasteiger partial charge in [0.15, 0.2) is 6.29 Å². The molecule has 0 saturated heterocycles. The van der Waals surface area contributed by atoms with Crippen LogP contribution in [-0.2, 0) is 6.42 Å². The predicted octanol–water partition coefficient (Wildman–Crippen LogP) is 2.06. The van der Waals surface area contributed by atoms with Crippen LogP contribution >= 0.6 is 11.6 Å². The van der Waals surface area contributed by atoms with Crippen LogP contribution < -0.4 is 0 Å². The number of carboxylic acid groups (broad SMARTS) is 1. The van der Waals surface area contributed by atoms with Crippen LogP contribution in [0.1, 0.15) is 35.2 Å². The second-order valence-electron chi connectivity index (χ2n) is 3.80. The molecule has 0 aliphatic carbocycles. The Hall–Kier alpha value is -1.10. The Balaban J connectivity index is 2.66. The first-order chi connectivity index (χ1) is 8.02. The molecule has 17 heavy (non-hydrogen) atoms. The van der Waals surface area contributed by atoms with Crippen molar-refractivity contribution in [2.24, 2.45) is 0 Å². The van der Waals surface area contributed by atoms with Crippen molar-refractivity contribution in [3.8, 4) is 0 Å². The maximum atomic E-state index is 11.0. The van der Waals surface area contributed by atoms with Crippen molar-refractivity contribution >= 4 is 17.6 Å². The average molecular weight is 259 g/mol. The fraction of sp³-hybridized carbons (Fsp3) is 0.417. The molecule has 0 unspecified atom stereocenters. The Labute approximate surface area is 104 Å². The van der Waals surface area contributed by atoms with E-state index >= 15 is 0 Å². The lowest BCUT2D eigenvalue weighted by molar-refractivity contribution is -0.0465. The van der Waals surface area contributed by atoms with Gasteiger partial charge in [-0.25, -0.2) is 4.79 Å². The highest BCUT2D eigenvalue weighted by Crippen LogP contribution is 2.22. The molecule has 0 amide bonds. The maximum Gasteiger partial charge on any atom is 0.336 e. The molecule has 0 aliphatic rings. The van der Waals surface area contributed by atoms with Gasteiger partial charge in [-0.05, 0) is 43.4 Å². The normalized spacial score (nSPS) is 10.8. The number of aromatic carboxylic acids is 1. The summed E-state index contributed by atoms with van der Waals surface area (Å²) in [6.07, 6.45) is 0.782. The van der Waals surface area contributed by atoms with Crippen LogP contribution in [-0.4, -0.2) is 27.6 Å². The van der Waals surface area contributed by atoms with Gasteiger partial charge in [-0.1, -0.05) is 17.7 Å². The van der Waals surface area contributed by atoms with Gasteiger partial charge >= 0.3 is 5.97 Å². The molecule has 1 aromatic rings. The summed E-state index contributed by atoms with van der Waals surface area (Å²) in [6.45, 7) is 0. The number of carboxylic acids is 1. The number of aliphatic hydroxyl groups is 2. The van der Waals surface area contributed by atoms with Crippen molar-refractivity contribution in [3.63, 3.8) is 0 Å². The van der Waals surface area contributed by atoms with E-state index in [1.165, 1.54) is 6.07 Å². The van der Waals surface area contributed by atoms with Crippen molar-refractivity contribution in [2.45, 2.75) is 32.0 Å². The molecule has 3 N–H and O–H groups in total. The van der Waals surface area contributed by atoms with E-state index in [2.05, 4.69) is 0 Å². The second kappa shape index (κ2) is 6.59. The van der Waals surface area contributed by atoms with Gasteiger partial charge in [-0.3, -0.25) is 0 Å². The van der Waals surface area contributed by atoms with Gasteiger partial charge in [0.05, 0.1) is 5.56 Å². The fourth-order valence-corrected chi connectivity index (χ4v) is 1.91.